The number of allylic oxidation sites excluding steroid dienone is 1. The highest BCUT2D eigenvalue weighted by Crippen LogP contribution is 2.31. The first-order valence-corrected chi connectivity index (χ1v) is 6.92. The van der Waals surface area contributed by atoms with Gasteiger partial charge in [-0.25, -0.2) is 0 Å². The van der Waals surface area contributed by atoms with E-state index in [0.29, 0.717) is 10.7 Å². The number of hydrogen-bond donors (Lipinski definition) is 2. The molecule has 0 aromatic heterocycles. The number of phenolic OH excluding ortho intramolecular Hbond substituents is 1. The smallest absolute Gasteiger partial charge is 0.142 e. The number of aromatic hydroxyl groups is 1. The molecule has 0 saturated carbocycles. The van der Waals surface area contributed by atoms with E-state index in [-0.39, 0.29) is 11.8 Å². The van der Waals surface area contributed by atoms with Crippen molar-refractivity contribution in [3.8, 4) is 5.75 Å². The normalized spacial score (nSPS) is 17.7. The van der Waals surface area contributed by atoms with Crippen LogP contribution >= 0.6 is 11.6 Å². The third kappa shape index (κ3) is 3.62. The van der Waals surface area contributed by atoms with Gasteiger partial charge in [0.25, 0.3) is 0 Å². The van der Waals surface area contributed by atoms with Crippen molar-refractivity contribution in [1.82, 2.24) is 5.43 Å². The van der Waals surface area contributed by atoms with Crippen LogP contribution in [0.1, 0.15) is 20.8 Å². The number of phenols is 1. The summed E-state index contributed by atoms with van der Waals surface area (Å²) in [4.78, 5) is 0. The number of anilines is 1. The molecule has 0 saturated heterocycles. The molecular weight excluding hydrogens is 274 g/mol. The van der Waals surface area contributed by atoms with Crippen LogP contribution in [0, 0.1) is 0 Å². The highest BCUT2D eigenvalue weighted by atomic mass is 35.5. The fraction of sp³-hybridized carbons (Fsp3) is 0.267. The number of hydrazone groups is 1. The Hall–Kier alpha value is -1.78. The second-order valence-corrected chi connectivity index (χ2v) is 4.25. The lowest BCUT2D eigenvalue weighted by Crippen LogP contribution is -2.36. The van der Waals surface area contributed by atoms with E-state index in [1.165, 1.54) is 11.2 Å². The molecule has 2 N–H and O–H groups in total. The number of hydrogen-bond acceptors (Lipinski definition) is 4. The summed E-state index contributed by atoms with van der Waals surface area (Å²) >= 11 is 5.91. The summed E-state index contributed by atoms with van der Waals surface area (Å²) in [6.07, 6.45) is 5.54. The Morgan fingerprint density at radius 2 is 2.15 bits per heavy atom. The van der Waals surface area contributed by atoms with Crippen LogP contribution < -0.4 is 10.5 Å². The van der Waals surface area contributed by atoms with Crippen LogP contribution in [0.4, 0.5) is 5.69 Å². The average molecular weight is 294 g/mol. The molecule has 1 atom stereocenters. The van der Waals surface area contributed by atoms with Gasteiger partial charge in [-0.2, -0.15) is 15.6 Å². The minimum atomic E-state index is -0.0837. The van der Waals surface area contributed by atoms with Gasteiger partial charge in [-0.3, -0.25) is 0 Å². The largest absolute Gasteiger partial charge is 0.506 e. The van der Waals surface area contributed by atoms with Gasteiger partial charge in [0.2, 0.25) is 0 Å². The van der Waals surface area contributed by atoms with Crippen molar-refractivity contribution in [3.05, 3.63) is 48.0 Å². The van der Waals surface area contributed by atoms with Crippen LogP contribution in [0.5, 0.6) is 5.75 Å². The summed E-state index contributed by atoms with van der Waals surface area (Å²) in [7, 11) is 0. The van der Waals surface area contributed by atoms with Gasteiger partial charge < -0.3 is 5.11 Å². The highest BCUT2D eigenvalue weighted by molar-refractivity contribution is 6.31. The molecule has 0 spiro atoms. The number of benzene rings is 1. The lowest BCUT2D eigenvalue weighted by atomic mass is 10.2. The van der Waals surface area contributed by atoms with E-state index < -0.39 is 0 Å². The second-order valence-electron chi connectivity index (χ2n) is 3.81. The third-order valence-electron chi connectivity index (χ3n) is 2.53. The van der Waals surface area contributed by atoms with E-state index in [1.807, 2.05) is 32.9 Å². The number of nitrogens with zero attached hydrogens (tertiary/aromatic N) is 2. The Balaban J connectivity index is 0.000000956. The summed E-state index contributed by atoms with van der Waals surface area (Å²) in [6, 6.07) is 4.72. The number of nitrogens with one attached hydrogen (secondary N) is 1. The van der Waals surface area contributed by atoms with Crippen LogP contribution in [-0.4, -0.2) is 16.9 Å². The SMILES string of the molecule is C=CC1NN(c2cc(Cl)ccc2O)N=C1/C=C\C.CC. The number of rotatable bonds is 3. The van der Waals surface area contributed by atoms with Crippen molar-refractivity contribution >= 4 is 23.0 Å². The van der Waals surface area contributed by atoms with Crippen molar-refractivity contribution in [2.45, 2.75) is 26.8 Å². The Morgan fingerprint density at radius 1 is 1.45 bits per heavy atom. The molecule has 5 heteroatoms. The Labute approximate surface area is 125 Å². The highest BCUT2D eigenvalue weighted by Gasteiger charge is 2.24. The van der Waals surface area contributed by atoms with Gasteiger partial charge in [0.05, 0.1) is 11.8 Å². The van der Waals surface area contributed by atoms with Crippen molar-refractivity contribution in [2.75, 3.05) is 5.12 Å². The first-order chi connectivity index (χ1) is 9.65. The Morgan fingerprint density at radius 3 is 2.75 bits per heavy atom. The molecule has 1 aromatic rings. The third-order valence-corrected chi connectivity index (χ3v) is 2.77. The van der Waals surface area contributed by atoms with Crippen LogP contribution in [0.15, 0.2) is 48.1 Å². The Bertz CT molecular complexity index is 526. The fourth-order valence-corrected chi connectivity index (χ4v) is 1.84. The summed E-state index contributed by atoms with van der Waals surface area (Å²) in [6.45, 7) is 9.67. The molecular formula is C15H20ClN3O. The van der Waals surface area contributed by atoms with Gasteiger partial charge in [-0.15, -0.1) is 6.58 Å². The van der Waals surface area contributed by atoms with Gasteiger partial charge in [0.15, 0.2) is 0 Å². The maximum atomic E-state index is 9.82. The van der Waals surface area contributed by atoms with Crippen molar-refractivity contribution in [2.24, 2.45) is 5.10 Å². The first-order valence-electron chi connectivity index (χ1n) is 6.54. The zero-order valence-corrected chi connectivity index (χ0v) is 12.7. The summed E-state index contributed by atoms with van der Waals surface area (Å²) < 4.78 is 0. The van der Waals surface area contributed by atoms with E-state index in [0.717, 1.165) is 5.71 Å². The predicted molar refractivity (Wildman–Crippen MR) is 86.3 cm³/mol. The van der Waals surface area contributed by atoms with Crippen LogP contribution in [0.2, 0.25) is 5.02 Å². The molecule has 0 amide bonds. The van der Waals surface area contributed by atoms with Crippen molar-refractivity contribution in [1.29, 1.82) is 0 Å². The average Bonchev–Trinajstić information content (AvgIpc) is 2.87. The van der Waals surface area contributed by atoms with Crippen LogP contribution in [0.3, 0.4) is 0 Å². The molecule has 2 rings (SSSR count). The molecule has 1 aromatic carbocycles. The number of hydrazine groups is 1. The minimum absolute atomic E-state index is 0.0837. The standard InChI is InChI=1S/C13H14ClN3O.C2H6/c1-3-5-11-10(4-2)15-17(16-11)12-8-9(14)6-7-13(12)18;1-2/h3-8,10,15,18H,2H2,1H3;1-2H3/b5-3-;. The van der Waals surface area contributed by atoms with E-state index in [1.54, 1.807) is 18.2 Å². The second kappa shape index (κ2) is 7.72. The monoisotopic (exact) mass is 293 g/mol. The maximum absolute atomic E-state index is 9.82. The Kier molecular flexibility index (Phi) is 6.28. The van der Waals surface area contributed by atoms with E-state index >= 15 is 0 Å². The molecule has 108 valence electrons. The van der Waals surface area contributed by atoms with E-state index in [4.69, 9.17) is 11.6 Å². The lowest BCUT2D eigenvalue weighted by Gasteiger charge is -2.17. The summed E-state index contributed by atoms with van der Waals surface area (Å²) in [5.74, 6) is 0.111. The molecule has 4 nitrogen and oxygen atoms in total. The molecule has 0 bridgehead atoms. The summed E-state index contributed by atoms with van der Waals surface area (Å²) in [5, 5.41) is 16.2. The van der Waals surface area contributed by atoms with Gasteiger partial charge in [0.1, 0.15) is 11.4 Å². The van der Waals surface area contributed by atoms with E-state index in [2.05, 4.69) is 17.1 Å². The molecule has 20 heavy (non-hydrogen) atoms. The molecule has 1 heterocycles. The number of halogens is 1. The van der Waals surface area contributed by atoms with Crippen molar-refractivity contribution in [3.63, 3.8) is 0 Å². The predicted octanol–water partition coefficient (Wildman–Crippen LogP) is 3.88. The zero-order valence-electron chi connectivity index (χ0n) is 12.0. The molecule has 1 aliphatic rings. The molecule has 0 aliphatic carbocycles. The maximum Gasteiger partial charge on any atom is 0.142 e. The van der Waals surface area contributed by atoms with Gasteiger partial charge in [-0.1, -0.05) is 37.6 Å². The minimum Gasteiger partial charge on any atom is -0.506 e. The van der Waals surface area contributed by atoms with Crippen LogP contribution in [-0.2, 0) is 0 Å². The summed E-state index contributed by atoms with van der Waals surface area (Å²) in [5.41, 5.74) is 4.44. The van der Waals surface area contributed by atoms with E-state index in [9.17, 15) is 5.11 Å². The van der Waals surface area contributed by atoms with Crippen LogP contribution in [0.25, 0.3) is 0 Å². The fourth-order valence-electron chi connectivity index (χ4n) is 1.68. The van der Waals surface area contributed by atoms with Gasteiger partial charge in [0, 0.05) is 5.02 Å². The first kappa shape index (κ1) is 16.3. The zero-order chi connectivity index (χ0) is 15.1. The molecule has 0 fully saturated rings. The van der Waals surface area contributed by atoms with Gasteiger partial charge >= 0.3 is 0 Å². The molecule has 0 radical (unpaired) electrons. The molecule has 1 aliphatic heterocycles. The van der Waals surface area contributed by atoms with Crippen molar-refractivity contribution < 1.29 is 5.11 Å². The topological polar surface area (TPSA) is 47.9 Å². The lowest BCUT2D eigenvalue weighted by molar-refractivity contribution is 0.472. The molecule has 1 unspecified atom stereocenters. The van der Waals surface area contributed by atoms with Gasteiger partial charge in [-0.05, 0) is 31.2 Å². The quantitative estimate of drug-likeness (QED) is 0.831.